The minimum atomic E-state index is -0.405. The molecular weight excluding hydrogens is 439 g/mol. The molecular formula is C23H16ClFN2O3S. The Morgan fingerprint density at radius 3 is 2.45 bits per heavy atom. The summed E-state index contributed by atoms with van der Waals surface area (Å²) in [4.78, 5) is 25.4. The predicted molar refractivity (Wildman–Crippen MR) is 122 cm³/mol. The van der Waals surface area contributed by atoms with Crippen molar-refractivity contribution in [2.45, 2.75) is 0 Å². The van der Waals surface area contributed by atoms with Gasteiger partial charge in [0.25, 0.3) is 11.8 Å². The fraction of sp³-hybridized carbons (Fsp3) is 0.0435. The summed E-state index contributed by atoms with van der Waals surface area (Å²) in [6.07, 6.45) is 0. The Balaban J connectivity index is 1.48. The van der Waals surface area contributed by atoms with E-state index in [0.29, 0.717) is 37.7 Å². The highest BCUT2D eigenvalue weighted by Gasteiger charge is 2.18. The third kappa shape index (κ3) is 4.38. The average molecular weight is 455 g/mol. The molecule has 0 aliphatic heterocycles. The van der Waals surface area contributed by atoms with E-state index in [4.69, 9.17) is 16.3 Å². The second kappa shape index (κ2) is 8.75. The fourth-order valence-electron chi connectivity index (χ4n) is 3.02. The van der Waals surface area contributed by atoms with Gasteiger partial charge in [0, 0.05) is 21.3 Å². The van der Waals surface area contributed by atoms with E-state index >= 15 is 0 Å². The van der Waals surface area contributed by atoms with Gasteiger partial charge in [0.2, 0.25) is 0 Å². The molecule has 2 N–H and O–H groups in total. The van der Waals surface area contributed by atoms with Crippen molar-refractivity contribution in [3.63, 3.8) is 0 Å². The first-order chi connectivity index (χ1) is 15.0. The molecule has 0 fully saturated rings. The first kappa shape index (κ1) is 20.8. The highest BCUT2D eigenvalue weighted by atomic mass is 35.5. The second-order valence-corrected chi connectivity index (χ2v) is 8.00. The van der Waals surface area contributed by atoms with Gasteiger partial charge in [0.15, 0.2) is 0 Å². The van der Waals surface area contributed by atoms with Gasteiger partial charge in [-0.1, -0.05) is 23.7 Å². The third-order valence-corrected chi connectivity index (χ3v) is 6.21. The van der Waals surface area contributed by atoms with Crippen molar-refractivity contribution < 1.29 is 18.7 Å². The van der Waals surface area contributed by atoms with Gasteiger partial charge in [-0.05, 0) is 54.6 Å². The zero-order valence-corrected chi connectivity index (χ0v) is 17.8. The number of thiophene rings is 1. The maximum absolute atomic E-state index is 13.4. The van der Waals surface area contributed by atoms with Crippen molar-refractivity contribution in [1.29, 1.82) is 0 Å². The molecule has 0 aliphatic rings. The number of benzene rings is 3. The summed E-state index contributed by atoms with van der Waals surface area (Å²) in [7, 11) is 1.53. The minimum Gasteiger partial charge on any atom is -0.495 e. The number of amides is 2. The molecule has 8 heteroatoms. The van der Waals surface area contributed by atoms with Crippen LogP contribution in [0.25, 0.3) is 10.1 Å². The van der Waals surface area contributed by atoms with Crippen LogP contribution in [0.3, 0.4) is 0 Å². The van der Waals surface area contributed by atoms with Gasteiger partial charge in [0.1, 0.15) is 16.4 Å². The SMILES string of the molecule is COc1ccccc1NC(=O)c1ccc(NC(=O)c2sc3cc(F)ccc3c2Cl)cc1. The lowest BCUT2D eigenvalue weighted by Crippen LogP contribution is -2.13. The van der Waals surface area contributed by atoms with Crippen molar-refractivity contribution in [2.24, 2.45) is 0 Å². The highest BCUT2D eigenvalue weighted by molar-refractivity contribution is 7.21. The van der Waals surface area contributed by atoms with Gasteiger partial charge < -0.3 is 15.4 Å². The van der Waals surface area contributed by atoms with Gasteiger partial charge in [-0.15, -0.1) is 11.3 Å². The van der Waals surface area contributed by atoms with E-state index in [-0.39, 0.29) is 16.7 Å². The van der Waals surface area contributed by atoms with E-state index in [1.807, 2.05) is 6.07 Å². The summed E-state index contributed by atoms with van der Waals surface area (Å²) in [6, 6.07) is 17.7. The normalized spacial score (nSPS) is 10.7. The highest BCUT2D eigenvalue weighted by Crippen LogP contribution is 2.36. The Labute approximate surface area is 186 Å². The predicted octanol–water partition coefficient (Wildman–Crippen LogP) is 6.21. The summed E-state index contributed by atoms with van der Waals surface area (Å²) < 4.78 is 19.3. The van der Waals surface area contributed by atoms with E-state index in [1.54, 1.807) is 48.5 Å². The molecule has 4 aromatic rings. The second-order valence-electron chi connectivity index (χ2n) is 6.57. The van der Waals surface area contributed by atoms with Crippen LogP contribution >= 0.6 is 22.9 Å². The maximum Gasteiger partial charge on any atom is 0.267 e. The quantitative estimate of drug-likeness (QED) is 0.377. The number of nitrogens with one attached hydrogen (secondary N) is 2. The summed E-state index contributed by atoms with van der Waals surface area (Å²) in [5.74, 6) is -0.547. The van der Waals surface area contributed by atoms with Crippen LogP contribution in [0.15, 0.2) is 66.7 Å². The maximum atomic E-state index is 13.4. The number of hydrogen-bond acceptors (Lipinski definition) is 4. The van der Waals surface area contributed by atoms with Crippen LogP contribution in [0.1, 0.15) is 20.0 Å². The van der Waals surface area contributed by atoms with Crippen molar-refractivity contribution in [2.75, 3.05) is 17.7 Å². The van der Waals surface area contributed by atoms with Crippen molar-refractivity contribution in [3.05, 3.63) is 88.0 Å². The number of methoxy groups -OCH3 is 1. The first-order valence-corrected chi connectivity index (χ1v) is 10.4. The molecule has 0 bridgehead atoms. The Morgan fingerprint density at radius 2 is 1.71 bits per heavy atom. The smallest absolute Gasteiger partial charge is 0.267 e. The van der Waals surface area contributed by atoms with Crippen LogP contribution in [0.4, 0.5) is 15.8 Å². The van der Waals surface area contributed by atoms with Crippen molar-refractivity contribution in [3.8, 4) is 5.75 Å². The van der Waals surface area contributed by atoms with Gasteiger partial charge in [0.05, 0.1) is 17.8 Å². The number of hydrogen-bond donors (Lipinski definition) is 2. The lowest BCUT2D eigenvalue weighted by molar-refractivity contribution is 0.102. The number of ether oxygens (including phenoxy) is 1. The van der Waals surface area contributed by atoms with E-state index in [9.17, 15) is 14.0 Å². The molecule has 3 aromatic carbocycles. The van der Waals surface area contributed by atoms with Crippen LogP contribution in [-0.2, 0) is 0 Å². The number of carbonyl (C=O) groups is 2. The molecule has 156 valence electrons. The van der Waals surface area contributed by atoms with Crippen molar-refractivity contribution >= 4 is 56.2 Å². The number of halogens is 2. The molecule has 2 amide bonds. The monoisotopic (exact) mass is 454 g/mol. The molecule has 31 heavy (non-hydrogen) atoms. The van der Waals surface area contributed by atoms with Gasteiger partial charge in [-0.25, -0.2) is 4.39 Å². The lowest BCUT2D eigenvalue weighted by Gasteiger charge is -2.10. The number of rotatable bonds is 5. The third-order valence-electron chi connectivity index (χ3n) is 4.56. The minimum absolute atomic E-state index is 0.283. The van der Waals surface area contributed by atoms with E-state index in [2.05, 4.69) is 10.6 Å². The van der Waals surface area contributed by atoms with Crippen LogP contribution in [0, 0.1) is 5.82 Å². The molecule has 0 unspecified atom stereocenters. The summed E-state index contributed by atoms with van der Waals surface area (Å²) >= 11 is 7.42. The van der Waals surface area contributed by atoms with Gasteiger partial charge >= 0.3 is 0 Å². The zero-order valence-electron chi connectivity index (χ0n) is 16.2. The van der Waals surface area contributed by atoms with Crippen molar-refractivity contribution in [1.82, 2.24) is 0 Å². The van der Waals surface area contributed by atoms with E-state index in [1.165, 1.54) is 19.2 Å². The molecule has 0 saturated carbocycles. The molecule has 0 atom stereocenters. The van der Waals surface area contributed by atoms with E-state index < -0.39 is 5.91 Å². The van der Waals surface area contributed by atoms with E-state index in [0.717, 1.165) is 11.3 Å². The Hall–Kier alpha value is -3.42. The number of fused-ring (bicyclic) bond motifs is 1. The van der Waals surface area contributed by atoms with Crippen LogP contribution < -0.4 is 15.4 Å². The largest absolute Gasteiger partial charge is 0.495 e. The zero-order chi connectivity index (χ0) is 22.0. The average Bonchev–Trinajstić information content (AvgIpc) is 3.10. The van der Waals surface area contributed by atoms with Gasteiger partial charge in [-0.2, -0.15) is 0 Å². The van der Waals surface area contributed by atoms with Crippen LogP contribution in [0.2, 0.25) is 5.02 Å². The van der Waals surface area contributed by atoms with Gasteiger partial charge in [-0.3, -0.25) is 9.59 Å². The molecule has 4 rings (SSSR count). The summed E-state index contributed by atoms with van der Waals surface area (Å²) in [5, 5.41) is 6.45. The molecule has 5 nitrogen and oxygen atoms in total. The Morgan fingerprint density at radius 1 is 0.968 bits per heavy atom. The van der Waals surface area contributed by atoms with Crippen LogP contribution in [-0.4, -0.2) is 18.9 Å². The lowest BCUT2D eigenvalue weighted by atomic mass is 10.2. The summed E-state index contributed by atoms with van der Waals surface area (Å²) in [6.45, 7) is 0. The number of carbonyl (C=O) groups excluding carboxylic acids is 2. The molecule has 1 aromatic heterocycles. The molecule has 1 heterocycles. The molecule has 0 aliphatic carbocycles. The first-order valence-electron chi connectivity index (χ1n) is 9.19. The summed E-state index contributed by atoms with van der Waals surface area (Å²) in [5.41, 5.74) is 1.47. The fourth-order valence-corrected chi connectivity index (χ4v) is 4.46. The van der Waals surface area contributed by atoms with Crippen LogP contribution in [0.5, 0.6) is 5.75 Å². The Bertz CT molecular complexity index is 1290. The molecule has 0 spiro atoms. The molecule has 0 radical (unpaired) electrons. The standard InChI is InChI=1S/C23H16ClFN2O3S/c1-30-18-5-3-2-4-17(18)27-22(28)13-6-9-15(10-7-13)26-23(29)21-20(24)16-11-8-14(25)12-19(16)31-21/h2-12H,1H3,(H,26,29)(H,27,28). The molecule has 0 saturated heterocycles. The topological polar surface area (TPSA) is 67.4 Å². The number of anilines is 2. The number of para-hydroxylation sites is 2. The Kier molecular flexibility index (Phi) is 5.88.